The molecule has 1 aromatic carbocycles. The molecule has 0 saturated carbocycles. The minimum absolute atomic E-state index is 0.0465. The van der Waals surface area contributed by atoms with Gasteiger partial charge in [-0.25, -0.2) is 0 Å². The summed E-state index contributed by atoms with van der Waals surface area (Å²) in [5, 5.41) is 0.927. The van der Waals surface area contributed by atoms with Gasteiger partial charge in [-0.3, -0.25) is 9.59 Å². The molecule has 0 N–H and O–H groups in total. The fourth-order valence-electron chi connectivity index (χ4n) is 4.19. The molecule has 6 heteroatoms. The summed E-state index contributed by atoms with van der Waals surface area (Å²) in [6, 6.07) is 5.58. The van der Waals surface area contributed by atoms with Crippen molar-refractivity contribution in [1.82, 2.24) is 0 Å². The second kappa shape index (κ2) is 19.5. The summed E-state index contributed by atoms with van der Waals surface area (Å²) >= 11 is 1.40. The second-order valence-electron chi connectivity index (χ2n) is 9.58. The molecule has 2 aromatic rings. The summed E-state index contributed by atoms with van der Waals surface area (Å²) < 4.78 is 16.9. The number of benzene rings is 1. The molecule has 0 saturated heterocycles. The first-order chi connectivity index (χ1) is 18.6. The number of ketones is 1. The van der Waals surface area contributed by atoms with E-state index in [-0.39, 0.29) is 24.6 Å². The molecule has 1 heterocycles. The third-order valence-electron chi connectivity index (χ3n) is 6.46. The number of allylic oxidation sites excluding steroid dienone is 4. The number of hydrogen-bond acceptors (Lipinski definition) is 6. The molecule has 0 fully saturated rings. The summed E-state index contributed by atoms with van der Waals surface area (Å²) in [6.45, 7) is 2.67. The topological polar surface area (TPSA) is 61.8 Å². The van der Waals surface area contributed by atoms with Gasteiger partial charge in [-0.05, 0) is 56.0 Å². The lowest BCUT2D eigenvalue weighted by Crippen LogP contribution is -2.08. The van der Waals surface area contributed by atoms with E-state index in [1.165, 1.54) is 62.7 Å². The van der Waals surface area contributed by atoms with Crippen LogP contribution in [0.25, 0.3) is 10.1 Å². The Morgan fingerprint density at radius 2 is 1.39 bits per heavy atom. The third-order valence-corrected chi connectivity index (χ3v) is 7.60. The van der Waals surface area contributed by atoms with Crippen molar-refractivity contribution in [1.29, 1.82) is 0 Å². The lowest BCUT2D eigenvalue weighted by atomic mass is 10.1. The number of esters is 1. The van der Waals surface area contributed by atoms with Crippen LogP contribution in [-0.4, -0.2) is 32.6 Å². The first kappa shape index (κ1) is 31.6. The number of thiophene rings is 1. The Balaban J connectivity index is 1.48. The summed E-state index contributed by atoms with van der Waals surface area (Å²) in [5.74, 6) is 0.915. The molecule has 0 atom stereocenters. The first-order valence-corrected chi connectivity index (χ1v) is 15.0. The first-order valence-electron chi connectivity index (χ1n) is 14.2. The molecule has 0 aliphatic carbocycles. The number of ether oxygens (including phenoxy) is 3. The van der Waals surface area contributed by atoms with E-state index in [0.717, 1.165) is 35.8 Å². The Hall–Kier alpha value is -2.60. The summed E-state index contributed by atoms with van der Waals surface area (Å²) in [6.07, 6.45) is 23.6. The van der Waals surface area contributed by atoms with Crippen molar-refractivity contribution in [3.8, 4) is 11.5 Å². The molecule has 210 valence electrons. The van der Waals surface area contributed by atoms with Gasteiger partial charge in [0.2, 0.25) is 0 Å². The third kappa shape index (κ3) is 12.3. The lowest BCUT2D eigenvalue weighted by Gasteiger charge is -2.06. The van der Waals surface area contributed by atoms with E-state index < -0.39 is 0 Å². The van der Waals surface area contributed by atoms with Gasteiger partial charge in [0, 0.05) is 17.2 Å². The Morgan fingerprint density at radius 3 is 2.08 bits per heavy atom. The maximum Gasteiger partial charge on any atom is 0.306 e. The predicted molar refractivity (Wildman–Crippen MR) is 159 cm³/mol. The van der Waals surface area contributed by atoms with Crippen molar-refractivity contribution < 1.29 is 23.8 Å². The monoisotopic (exact) mass is 542 g/mol. The number of Topliss-reactive ketones (excluding diaryl/α,β-unsaturated/α-hetero) is 1. The van der Waals surface area contributed by atoms with Gasteiger partial charge < -0.3 is 14.2 Å². The van der Waals surface area contributed by atoms with E-state index in [9.17, 15) is 9.59 Å². The van der Waals surface area contributed by atoms with Crippen molar-refractivity contribution in [2.24, 2.45) is 0 Å². The van der Waals surface area contributed by atoms with Crippen LogP contribution in [0.2, 0.25) is 0 Å². The van der Waals surface area contributed by atoms with Crippen LogP contribution < -0.4 is 9.47 Å². The van der Waals surface area contributed by atoms with E-state index in [0.29, 0.717) is 23.0 Å². The fraction of sp³-hybridized carbons (Fsp3) is 0.562. The molecular formula is C32H46O5S. The molecule has 0 radical (unpaired) electrons. The van der Waals surface area contributed by atoms with Gasteiger partial charge in [0.1, 0.15) is 0 Å². The average Bonchev–Trinajstić information content (AvgIpc) is 3.35. The number of carbonyl (C=O) groups excluding carboxylic acids is 2. The number of hydrogen-bond donors (Lipinski definition) is 0. The van der Waals surface area contributed by atoms with Crippen LogP contribution in [0.1, 0.15) is 106 Å². The van der Waals surface area contributed by atoms with E-state index in [1.54, 1.807) is 14.2 Å². The zero-order valence-corrected chi connectivity index (χ0v) is 24.4. The summed E-state index contributed by atoms with van der Waals surface area (Å²) in [5.41, 5.74) is 0. The number of rotatable bonds is 21. The Morgan fingerprint density at radius 1 is 0.763 bits per heavy atom. The van der Waals surface area contributed by atoms with Crippen molar-refractivity contribution in [3.63, 3.8) is 0 Å². The Kier molecular flexibility index (Phi) is 16.2. The highest BCUT2D eigenvalue weighted by Crippen LogP contribution is 2.36. The SMILES string of the molecule is CCCCC/C=C\C/C=C\CCCCCCCCOC(=O)CCC(=O)c1cc2cc(OC)c(OC)cc2s1. The molecule has 0 bridgehead atoms. The number of carbonyl (C=O) groups is 2. The highest BCUT2D eigenvalue weighted by molar-refractivity contribution is 7.20. The van der Waals surface area contributed by atoms with Crippen LogP contribution in [0, 0.1) is 0 Å². The average molecular weight is 543 g/mol. The van der Waals surface area contributed by atoms with Crippen LogP contribution in [0.4, 0.5) is 0 Å². The molecule has 0 aliphatic heterocycles. The maximum atomic E-state index is 12.6. The van der Waals surface area contributed by atoms with Crippen molar-refractivity contribution >= 4 is 33.2 Å². The van der Waals surface area contributed by atoms with Crippen molar-refractivity contribution in [3.05, 3.63) is 47.4 Å². The van der Waals surface area contributed by atoms with Crippen LogP contribution in [0.3, 0.4) is 0 Å². The molecule has 0 aliphatic rings. The molecule has 2 rings (SSSR count). The van der Waals surface area contributed by atoms with E-state index in [4.69, 9.17) is 14.2 Å². The van der Waals surface area contributed by atoms with Crippen LogP contribution >= 0.6 is 11.3 Å². The van der Waals surface area contributed by atoms with E-state index in [1.807, 2.05) is 18.2 Å². The Bertz CT molecular complexity index is 979. The molecule has 0 unspecified atom stereocenters. The molecule has 38 heavy (non-hydrogen) atoms. The summed E-state index contributed by atoms with van der Waals surface area (Å²) in [7, 11) is 3.18. The predicted octanol–water partition coefficient (Wildman–Crippen LogP) is 9.24. The van der Waals surface area contributed by atoms with Gasteiger partial charge >= 0.3 is 5.97 Å². The van der Waals surface area contributed by atoms with E-state index in [2.05, 4.69) is 31.2 Å². The second-order valence-corrected chi connectivity index (χ2v) is 10.7. The summed E-state index contributed by atoms with van der Waals surface area (Å²) in [4.78, 5) is 25.3. The van der Waals surface area contributed by atoms with E-state index >= 15 is 0 Å². The van der Waals surface area contributed by atoms with Gasteiger partial charge in [-0.15, -0.1) is 11.3 Å². The maximum absolute atomic E-state index is 12.6. The number of methoxy groups -OCH3 is 2. The van der Waals surface area contributed by atoms with Gasteiger partial charge in [0.05, 0.1) is 32.1 Å². The minimum atomic E-state index is -0.301. The lowest BCUT2D eigenvalue weighted by molar-refractivity contribution is -0.143. The largest absolute Gasteiger partial charge is 0.493 e. The highest BCUT2D eigenvalue weighted by Gasteiger charge is 2.15. The zero-order chi connectivity index (χ0) is 27.4. The number of unbranched alkanes of at least 4 members (excludes halogenated alkanes) is 9. The van der Waals surface area contributed by atoms with Crippen LogP contribution in [-0.2, 0) is 9.53 Å². The van der Waals surface area contributed by atoms with Gasteiger partial charge in [0.15, 0.2) is 17.3 Å². The molecule has 0 amide bonds. The molecule has 5 nitrogen and oxygen atoms in total. The highest BCUT2D eigenvalue weighted by atomic mass is 32.1. The minimum Gasteiger partial charge on any atom is -0.493 e. The van der Waals surface area contributed by atoms with Crippen molar-refractivity contribution in [2.75, 3.05) is 20.8 Å². The zero-order valence-electron chi connectivity index (χ0n) is 23.6. The smallest absolute Gasteiger partial charge is 0.306 e. The standard InChI is InChI=1S/C32H46O5S/c1-4-5-6-7-8-9-10-11-12-13-14-15-16-17-18-19-22-37-32(34)21-20-27(33)31-24-26-23-28(35-2)29(36-3)25-30(26)38-31/h8-9,11-12,23-25H,4-7,10,13-22H2,1-3H3/b9-8-,12-11-. The Labute approximate surface area is 233 Å². The van der Waals surface area contributed by atoms with Gasteiger partial charge in [-0.2, -0.15) is 0 Å². The normalized spacial score (nSPS) is 11.6. The number of fused-ring (bicyclic) bond motifs is 1. The molecular weight excluding hydrogens is 496 g/mol. The van der Waals surface area contributed by atoms with Crippen LogP contribution in [0.15, 0.2) is 42.5 Å². The molecule has 0 spiro atoms. The van der Waals surface area contributed by atoms with Crippen molar-refractivity contribution in [2.45, 2.75) is 96.8 Å². The van der Waals surface area contributed by atoms with Crippen LogP contribution in [0.5, 0.6) is 11.5 Å². The molecule has 1 aromatic heterocycles. The fourth-order valence-corrected chi connectivity index (χ4v) is 5.23. The van der Waals surface area contributed by atoms with Gasteiger partial charge in [-0.1, -0.05) is 69.8 Å². The van der Waals surface area contributed by atoms with Gasteiger partial charge in [0.25, 0.3) is 0 Å². The quantitative estimate of drug-likeness (QED) is 0.0681.